The molecule has 1 unspecified atom stereocenters. The van der Waals surface area contributed by atoms with Crippen LogP contribution in [0.2, 0.25) is 0 Å². The highest BCUT2D eigenvalue weighted by molar-refractivity contribution is 5.89. The van der Waals surface area contributed by atoms with Gasteiger partial charge in [-0.25, -0.2) is 4.39 Å². The maximum atomic E-state index is 12.9. The van der Waals surface area contributed by atoms with Crippen LogP contribution in [0.15, 0.2) is 24.4 Å². The number of fused-ring (bicyclic) bond motifs is 1. The van der Waals surface area contributed by atoms with Gasteiger partial charge < -0.3 is 15.5 Å². The van der Waals surface area contributed by atoms with Crippen LogP contribution in [0.4, 0.5) is 4.39 Å². The van der Waals surface area contributed by atoms with E-state index in [1.165, 1.54) is 19.2 Å². The second-order valence-corrected chi connectivity index (χ2v) is 3.43. The van der Waals surface area contributed by atoms with Crippen LogP contribution in [-0.4, -0.2) is 18.1 Å². The number of halogens is 1. The maximum absolute atomic E-state index is 12.9. The zero-order valence-electron chi connectivity index (χ0n) is 8.66. The van der Waals surface area contributed by atoms with Gasteiger partial charge in [0.05, 0.1) is 7.11 Å². The van der Waals surface area contributed by atoms with E-state index >= 15 is 0 Å². The van der Waals surface area contributed by atoms with Crippen LogP contribution in [0.5, 0.6) is 0 Å². The molecule has 0 spiro atoms. The van der Waals surface area contributed by atoms with Crippen LogP contribution in [0, 0.1) is 5.82 Å². The van der Waals surface area contributed by atoms with Crippen molar-refractivity contribution in [3.05, 3.63) is 35.8 Å². The number of H-pyrrole nitrogens is 1. The van der Waals surface area contributed by atoms with E-state index in [9.17, 15) is 9.18 Å². The first-order chi connectivity index (χ1) is 7.63. The van der Waals surface area contributed by atoms with Gasteiger partial charge in [-0.1, -0.05) is 0 Å². The summed E-state index contributed by atoms with van der Waals surface area (Å²) in [6.07, 6.45) is 1.59. The van der Waals surface area contributed by atoms with Crippen LogP contribution in [-0.2, 0) is 9.53 Å². The Hall–Kier alpha value is -1.88. The highest BCUT2D eigenvalue weighted by Gasteiger charge is 2.19. The number of hydrogen-bond acceptors (Lipinski definition) is 3. The Balaban J connectivity index is 2.50. The van der Waals surface area contributed by atoms with E-state index in [1.54, 1.807) is 12.3 Å². The molecule has 2 aromatic rings. The molecule has 0 aliphatic carbocycles. The second kappa shape index (κ2) is 3.94. The summed E-state index contributed by atoms with van der Waals surface area (Å²) >= 11 is 0. The van der Waals surface area contributed by atoms with Gasteiger partial charge in [0.25, 0.3) is 0 Å². The van der Waals surface area contributed by atoms with Gasteiger partial charge in [-0.2, -0.15) is 0 Å². The minimum absolute atomic E-state index is 0.340. The fraction of sp³-hybridized carbons (Fsp3) is 0.182. The number of carbonyl (C=O) groups is 1. The molecule has 4 nitrogen and oxygen atoms in total. The lowest BCUT2D eigenvalue weighted by Gasteiger charge is -2.07. The molecule has 0 amide bonds. The molecule has 0 fully saturated rings. The summed E-state index contributed by atoms with van der Waals surface area (Å²) in [5.41, 5.74) is 6.91. The van der Waals surface area contributed by atoms with E-state index < -0.39 is 12.0 Å². The van der Waals surface area contributed by atoms with Gasteiger partial charge >= 0.3 is 5.97 Å². The first kappa shape index (κ1) is 10.6. The normalized spacial score (nSPS) is 12.7. The number of carbonyl (C=O) groups excluding carboxylic acids is 1. The van der Waals surface area contributed by atoms with Crippen LogP contribution < -0.4 is 5.73 Å². The molecule has 0 saturated carbocycles. The van der Waals surface area contributed by atoms with E-state index in [-0.39, 0.29) is 5.82 Å². The fourth-order valence-corrected chi connectivity index (χ4v) is 1.63. The number of nitrogens with two attached hydrogens (primary N) is 1. The molecule has 1 aromatic carbocycles. The fourth-order valence-electron chi connectivity index (χ4n) is 1.63. The quantitative estimate of drug-likeness (QED) is 0.756. The standard InChI is InChI=1S/C11H11FN2O2/c1-16-11(15)10(13)8-5-14-9-4-6(12)2-3-7(8)9/h2-5,10,14H,13H2,1H3. The third kappa shape index (κ3) is 1.65. The Kier molecular flexibility index (Phi) is 2.62. The highest BCUT2D eigenvalue weighted by atomic mass is 19.1. The zero-order valence-corrected chi connectivity index (χ0v) is 8.66. The molecule has 0 aliphatic heterocycles. The summed E-state index contributed by atoms with van der Waals surface area (Å²) in [6.45, 7) is 0. The molecular weight excluding hydrogens is 211 g/mol. The van der Waals surface area contributed by atoms with Crippen molar-refractivity contribution in [2.75, 3.05) is 7.11 Å². The van der Waals surface area contributed by atoms with Gasteiger partial charge in [0.2, 0.25) is 0 Å². The summed E-state index contributed by atoms with van der Waals surface area (Å²) in [5.74, 6) is -0.863. The number of ether oxygens (including phenoxy) is 1. The van der Waals surface area contributed by atoms with Crippen molar-refractivity contribution >= 4 is 16.9 Å². The predicted molar refractivity (Wildman–Crippen MR) is 57.2 cm³/mol. The number of benzene rings is 1. The lowest BCUT2D eigenvalue weighted by Crippen LogP contribution is -2.22. The largest absolute Gasteiger partial charge is 0.468 e. The Morgan fingerprint density at radius 3 is 3.00 bits per heavy atom. The summed E-state index contributed by atoms with van der Waals surface area (Å²) in [6, 6.07) is 3.40. The first-order valence-electron chi connectivity index (χ1n) is 4.73. The molecule has 0 aliphatic rings. The van der Waals surface area contributed by atoms with E-state index in [1.807, 2.05) is 0 Å². The first-order valence-corrected chi connectivity index (χ1v) is 4.73. The Morgan fingerprint density at radius 1 is 1.56 bits per heavy atom. The second-order valence-electron chi connectivity index (χ2n) is 3.43. The molecule has 3 N–H and O–H groups in total. The number of hydrogen-bond donors (Lipinski definition) is 2. The van der Waals surface area contributed by atoms with E-state index in [0.29, 0.717) is 11.1 Å². The number of rotatable bonds is 2. The molecule has 0 radical (unpaired) electrons. The van der Waals surface area contributed by atoms with Crippen molar-refractivity contribution in [1.82, 2.24) is 4.98 Å². The van der Waals surface area contributed by atoms with Gasteiger partial charge in [0.15, 0.2) is 0 Å². The van der Waals surface area contributed by atoms with Crippen LogP contribution in [0.1, 0.15) is 11.6 Å². The SMILES string of the molecule is COC(=O)C(N)c1c[nH]c2cc(F)ccc12. The molecule has 5 heteroatoms. The van der Waals surface area contributed by atoms with Crippen molar-refractivity contribution in [3.63, 3.8) is 0 Å². The molecule has 1 aromatic heterocycles. The minimum atomic E-state index is -0.857. The average Bonchev–Trinajstić information content (AvgIpc) is 2.69. The Bertz CT molecular complexity index is 536. The number of nitrogens with one attached hydrogen (secondary N) is 1. The van der Waals surface area contributed by atoms with Crippen molar-refractivity contribution < 1.29 is 13.9 Å². The maximum Gasteiger partial charge on any atom is 0.327 e. The van der Waals surface area contributed by atoms with Crippen LogP contribution >= 0.6 is 0 Å². The molecule has 2 rings (SSSR count). The molecule has 84 valence electrons. The zero-order chi connectivity index (χ0) is 11.7. The summed E-state index contributed by atoms with van der Waals surface area (Å²) in [5, 5.41) is 0.722. The van der Waals surface area contributed by atoms with Crippen molar-refractivity contribution in [1.29, 1.82) is 0 Å². The highest BCUT2D eigenvalue weighted by Crippen LogP contribution is 2.24. The summed E-state index contributed by atoms with van der Waals surface area (Å²) < 4.78 is 17.5. The number of aromatic amines is 1. The lowest BCUT2D eigenvalue weighted by molar-refractivity contribution is -0.142. The average molecular weight is 222 g/mol. The predicted octanol–water partition coefficient (Wildman–Crippen LogP) is 1.48. The van der Waals surface area contributed by atoms with Crippen molar-refractivity contribution in [2.24, 2.45) is 5.73 Å². The molecule has 0 bridgehead atoms. The van der Waals surface area contributed by atoms with Gasteiger partial charge in [-0.05, 0) is 18.2 Å². The molecular formula is C11H11FN2O2. The van der Waals surface area contributed by atoms with E-state index in [0.717, 1.165) is 5.39 Å². The number of methoxy groups -OCH3 is 1. The number of aromatic nitrogens is 1. The topological polar surface area (TPSA) is 68.1 Å². The molecule has 0 saturated heterocycles. The van der Waals surface area contributed by atoms with Gasteiger partial charge in [0.1, 0.15) is 11.9 Å². The smallest absolute Gasteiger partial charge is 0.327 e. The van der Waals surface area contributed by atoms with E-state index in [4.69, 9.17) is 5.73 Å². The van der Waals surface area contributed by atoms with Crippen LogP contribution in [0.3, 0.4) is 0 Å². The van der Waals surface area contributed by atoms with Crippen LogP contribution in [0.25, 0.3) is 10.9 Å². The summed E-state index contributed by atoms with van der Waals surface area (Å²) in [4.78, 5) is 14.1. The van der Waals surface area contributed by atoms with Gasteiger partial charge in [0, 0.05) is 22.7 Å². The monoisotopic (exact) mass is 222 g/mol. The Morgan fingerprint density at radius 2 is 2.31 bits per heavy atom. The third-order valence-corrected chi connectivity index (χ3v) is 2.47. The van der Waals surface area contributed by atoms with E-state index in [2.05, 4.69) is 9.72 Å². The minimum Gasteiger partial charge on any atom is -0.468 e. The lowest BCUT2D eigenvalue weighted by atomic mass is 10.1. The summed E-state index contributed by atoms with van der Waals surface area (Å²) in [7, 11) is 1.27. The Labute approximate surface area is 91.2 Å². The van der Waals surface area contributed by atoms with Crippen molar-refractivity contribution in [3.8, 4) is 0 Å². The van der Waals surface area contributed by atoms with Gasteiger partial charge in [-0.15, -0.1) is 0 Å². The molecule has 16 heavy (non-hydrogen) atoms. The molecule has 1 heterocycles. The third-order valence-electron chi connectivity index (χ3n) is 2.47. The van der Waals surface area contributed by atoms with Gasteiger partial charge in [-0.3, -0.25) is 4.79 Å². The number of esters is 1. The van der Waals surface area contributed by atoms with Crippen molar-refractivity contribution in [2.45, 2.75) is 6.04 Å². The molecule has 1 atom stereocenters.